The number of nitrogens with zero attached hydrogens (tertiary/aromatic N) is 3. The van der Waals surface area contributed by atoms with Gasteiger partial charge in [0.05, 0.1) is 13.7 Å². The Morgan fingerprint density at radius 3 is 2.73 bits per heavy atom. The van der Waals surface area contributed by atoms with Crippen molar-refractivity contribution < 1.29 is 14.4 Å². The largest absolute Gasteiger partial charge is 0.497 e. The molecule has 142 valence electrons. The lowest BCUT2D eigenvalue weighted by Crippen LogP contribution is -2.45. The fourth-order valence-corrected chi connectivity index (χ4v) is 3.75. The molecule has 1 saturated heterocycles. The zero-order valence-corrected chi connectivity index (χ0v) is 16.1. The van der Waals surface area contributed by atoms with Gasteiger partial charge in [0.1, 0.15) is 11.4 Å². The molecule has 1 aromatic carbocycles. The van der Waals surface area contributed by atoms with E-state index >= 15 is 0 Å². The van der Waals surface area contributed by atoms with Crippen LogP contribution in [0.2, 0.25) is 0 Å². The molecule has 1 aliphatic rings. The van der Waals surface area contributed by atoms with Crippen molar-refractivity contribution >= 4 is 0 Å². The Labute approximate surface area is 155 Å². The van der Waals surface area contributed by atoms with Crippen LogP contribution < -0.4 is 4.74 Å². The Kier molecular flexibility index (Phi) is 5.63. The summed E-state index contributed by atoms with van der Waals surface area (Å²) in [7, 11) is 1.64. The van der Waals surface area contributed by atoms with Crippen molar-refractivity contribution in [1.82, 2.24) is 15.0 Å². The monoisotopic (exact) mass is 359 g/mol. The second-order valence-electron chi connectivity index (χ2n) is 7.71. The molecule has 0 bridgehead atoms. The molecule has 0 spiro atoms. The number of aromatic nitrogens is 2. The maximum absolute atomic E-state index is 11.3. The minimum Gasteiger partial charge on any atom is -0.497 e. The molecule has 0 saturated carbocycles. The Balaban J connectivity index is 1.73. The van der Waals surface area contributed by atoms with Gasteiger partial charge < -0.3 is 14.4 Å². The van der Waals surface area contributed by atoms with Crippen LogP contribution in [0.15, 0.2) is 28.8 Å². The molecule has 0 radical (unpaired) electrons. The first-order valence-corrected chi connectivity index (χ1v) is 9.32. The number of methoxy groups -OCH3 is 1. The lowest BCUT2D eigenvalue weighted by molar-refractivity contribution is -0.0278. The Morgan fingerprint density at radius 2 is 2.08 bits per heavy atom. The van der Waals surface area contributed by atoms with Gasteiger partial charge in [-0.25, -0.2) is 0 Å². The molecule has 1 fully saturated rings. The van der Waals surface area contributed by atoms with Crippen molar-refractivity contribution in [2.75, 3.05) is 13.7 Å². The topological polar surface area (TPSA) is 71.6 Å². The number of ether oxygens (including phenoxy) is 1. The highest BCUT2D eigenvalue weighted by atomic mass is 16.5. The molecule has 2 aromatic rings. The van der Waals surface area contributed by atoms with Crippen LogP contribution in [0.3, 0.4) is 0 Å². The smallest absolute Gasteiger partial charge is 0.240 e. The predicted molar refractivity (Wildman–Crippen MR) is 98.8 cm³/mol. The average molecular weight is 359 g/mol. The van der Waals surface area contributed by atoms with E-state index in [0.717, 1.165) is 42.9 Å². The quantitative estimate of drug-likeness (QED) is 0.819. The summed E-state index contributed by atoms with van der Waals surface area (Å²) in [4.78, 5) is 6.76. The van der Waals surface area contributed by atoms with Crippen LogP contribution in [-0.2, 0) is 18.6 Å². The van der Waals surface area contributed by atoms with Gasteiger partial charge in [0.25, 0.3) is 0 Å². The zero-order chi connectivity index (χ0) is 18.7. The van der Waals surface area contributed by atoms with Crippen LogP contribution in [0.5, 0.6) is 5.75 Å². The number of rotatable bonds is 7. The van der Waals surface area contributed by atoms with E-state index in [-0.39, 0.29) is 6.04 Å². The van der Waals surface area contributed by atoms with Gasteiger partial charge in [-0.3, -0.25) is 4.90 Å². The maximum atomic E-state index is 11.3. The van der Waals surface area contributed by atoms with Crippen LogP contribution in [0.25, 0.3) is 0 Å². The number of aliphatic hydroxyl groups is 1. The molecule has 1 aromatic heterocycles. The van der Waals surface area contributed by atoms with Crippen LogP contribution in [0.1, 0.15) is 50.9 Å². The molecule has 6 heteroatoms. The highest BCUT2D eigenvalue weighted by molar-refractivity contribution is 5.31. The highest BCUT2D eigenvalue weighted by Gasteiger charge is 2.41. The van der Waals surface area contributed by atoms with Crippen LogP contribution in [0.4, 0.5) is 0 Å². The summed E-state index contributed by atoms with van der Waals surface area (Å²) in [6.45, 7) is 7.65. The summed E-state index contributed by atoms with van der Waals surface area (Å²) in [5.74, 6) is 2.66. The maximum Gasteiger partial charge on any atom is 0.240 e. The minimum atomic E-state index is -0.955. The van der Waals surface area contributed by atoms with E-state index in [1.807, 2.05) is 31.2 Å². The molecule has 2 heterocycles. The van der Waals surface area contributed by atoms with E-state index in [4.69, 9.17) is 9.26 Å². The van der Waals surface area contributed by atoms with E-state index < -0.39 is 5.60 Å². The number of likely N-dealkylation sites (tertiary alicyclic amines) is 1. The summed E-state index contributed by atoms with van der Waals surface area (Å²) < 4.78 is 10.6. The summed E-state index contributed by atoms with van der Waals surface area (Å²) in [5.41, 5.74) is -0.0648. The lowest BCUT2D eigenvalue weighted by atomic mass is 9.86. The summed E-state index contributed by atoms with van der Waals surface area (Å²) in [6.07, 6.45) is 2.80. The molecule has 26 heavy (non-hydrogen) atoms. The first-order chi connectivity index (χ1) is 12.4. The van der Waals surface area contributed by atoms with Crippen molar-refractivity contribution in [2.24, 2.45) is 5.92 Å². The van der Waals surface area contributed by atoms with Crippen LogP contribution in [-0.4, -0.2) is 39.8 Å². The molecular weight excluding hydrogens is 330 g/mol. The van der Waals surface area contributed by atoms with E-state index in [9.17, 15) is 5.11 Å². The number of hydrogen-bond acceptors (Lipinski definition) is 6. The van der Waals surface area contributed by atoms with Gasteiger partial charge in [0.15, 0.2) is 5.82 Å². The second kappa shape index (κ2) is 7.76. The zero-order valence-electron chi connectivity index (χ0n) is 16.1. The number of hydrogen-bond donors (Lipinski definition) is 1. The van der Waals surface area contributed by atoms with Gasteiger partial charge in [-0.05, 0) is 49.9 Å². The van der Waals surface area contributed by atoms with Crippen molar-refractivity contribution in [3.05, 3.63) is 41.5 Å². The molecule has 2 atom stereocenters. The Hall–Kier alpha value is -1.92. The summed E-state index contributed by atoms with van der Waals surface area (Å²) in [5, 5.41) is 15.3. The lowest BCUT2D eigenvalue weighted by Gasteiger charge is -2.36. The van der Waals surface area contributed by atoms with Gasteiger partial charge in [-0.1, -0.05) is 31.1 Å². The number of benzene rings is 1. The van der Waals surface area contributed by atoms with Crippen molar-refractivity contribution in [3.63, 3.8) is 0 Å². The van der Waals surface area contributed by atoms with Crippen LogP contribution >= 0.6 is 0 Å². The molecule has 1 aliphatic heterocycles. The van der Waals surface area contributed by atoms with Crippen molar-refractivity contribution in [3.8, 4) is 5.75 Å². The van der Waals surface area contributed by atoms with Gasteiger partial charge in [0.2, 0.25) is 5.89 Å². The summed E-state index contributed by atoms with van der Waals surface area (Å²) >= 11 is 0. The normalized spacial score (nSPS) is 20.5. The van der Waals surface area contributed by atoms with E-state index in [1.54, 1.807) is 7.11 Å². The predicted octanol–water partition coefficient (Wildman–Crippen LogP) is 3.15. The second-order valence-corrected chi connectivity index (χ2v) is 7.71. The molecular formula is C20H29N3O3. The summed E-state index contributed by atoms with van der Waals surface area (Å²) in [6, 6.07) is 7.65. The van der Waals surface area contributed by atoms with Crippen LogP contribution in [0, 0.1) is 5.92 Å². The van der Waals surface area contributed by atoms with Gasteiger partial charge in [-0.15, -0.1) is 0 Å². The average Bonchev–Trinajstić information content (AvgIpc) is 3.24. The molecule has 0 unspecified atom stereocenters. The third-order valence-electron chi connectivity index (χ3n) is 5.13. The van der Waals surface area contributed by atoms with E-state index in [2.05, 4.69) is 28.9 Å². The molecule has 0 amide bonds. The third kappa shape index (κ3) is 4.07. The van der Waals surface area contributed by atoms with Crippen molar-refractivity contribution in [2.45, 2.75) is 58.2 Å². The van der Waals surface area contributed by atoms with E-state index in [1.165, 1.54) is 0 Å². The molecule has 6 nitrogen and oxygen atoms in total. The Bertz CT molecular complexity index is 709. The fraction of sp³-hybridized carbons (Fsp3) is 0.600. The first-order valence-electron chi connectivity index (χ1n) is 9.32. The van der Waals surface area contributed by atoms with Gasteiger partial charge in [-0.2, -0.15) is 4.98 Å². The third-order valence-corrected chi connectivity index (χ3v) is 5.13. The molecule has 0 aliphatic carbocycles. The van der Waals surface area contributed by atoms with Gasteiger partial charge in [0, 0.05) is 12.5 Å². The van der Waals surface area contributed by atoms with E-state index in [0.29, 0.717) is 18.4 Å². The minimum absolute atomic E-state index is 0.0105. The Morgan fingerprint density at radius 1 is 1.35 bits per heavy atom. The first kappa shape index (κ1) is 18.9. The SMILES string of the molecule is COc1ccc([C@@](C)(O)[C@@H]2CCCN2Cc2nc(CC(C)C)no2)cc1. The van der Waals surface area contributed by atoms with Gasteiger partial charge >= 0.3 is 0 Å². The highest BCUT2D eigenvalue weighted by Crippen LogP contribution is 2.36. The molecule has 3 rings (SSSR count). The fourth-order valence-electron chi connectivity index (χ4n) is 3.75. The standard InChI is InChI=1S/C20H29N3O3/c1-14(2)12-18-21-19(26-22-18)13-23-11-5-6-17(23)20(3,24)15-7-9-16(25-4)10-8-15/h7-10,14,17,24H,5-6,11-13H2,1-4H3/t17-,20+/m0/s1. The van der Waals surface area contributed by atoms with Crippen molar-refractivity contribution in [1.29, 1.82) is 0 Å². The molecule has 1 N–H and O–H groups in total.